The van der Waals surface area contributed by atoms with Crippen molar-refractivity contribution < 1.29 is 0 Å². The van der Waals surface area contributed by atoms with Crippen LogP contribution in [-0.4, -0.2) is 4.98 Å². The summed E-state index contributed by atoms with van der Waals surface area (Å²) in [5.41, 5.74) is 8.83. The zero-order valence-corrected chi connectivity index (χ0v) is 8.44. The smallest absolute Gasteiger partial charge is 0.0502 e. The molecule has 0 saturated carbocycles. The molecule has 2 nitrogen and oxygen atoms in total. The third-order valence-corrected chi connectivity index (χ3v) is 2.45. The highest BCUT2D eigenvalue weighted by molar-refractivity contribution is 7.08. The zero-order valence-electron chi connectivity index (χ0n) is 6.81. The summed E-state index contributed by atoms with van der Waals surface area (Å²) >= 11 is 1.62. The fraction of sp³-hybridized carbons (Fsp3) is 0. The molecule has 0 bridgehead atoms. The Morgan fingerprint density at radius 2 is 1.85 bits per heavy atom. The molecule has 2 rings (SSSR count). The molecule has 0 aliphatic rings. The standard InChI is InChI=1S/C9H8N2S.ClH/c10-9-6-12-5-8(9)7-1-3-11-4-2-7;/h1-6H,10H2;1H. The normalized spacial score (nSPS) is 9.23. The van der Waals surface area contributed by atoms with E-state index < -0.39 is 0 Å². The average molecular weight is 213 g/mol. The predicted octanol–water partition coefficient (Wildman–Crippen LogP) is 2.81. The predicted molar refractivity (Wildman–Crippen MR) is 59.2 cm³/mol. The highest BCUT2D eigenvalue weighted by atomic mass is 35.5. The maximum absolute atomic E-state index is 5.76. The van der Waals surface area contributed by atoms with Crippen molar-refractivity contribution in [1.29, 1.82) is 0 Å². The summed E-state index contributed by atoms with van der Waals surface area (Å²) in [5, 5.41) is 3.99. The number of aromatic nitrogens is 1. The summed E-state index contributed by atoms with van der Waals surface area (Å²) in [6.07, 6.45) is 3.54. The van der Waals surface area contributed by atoms with E-state index in [0.717, 1.165) is 16.8 Å². The fourth-order valence-electron chi connectivity index (χ4n) is 1.07. The van der Waals surface area contributed by atoms with Crippen molar-refractivity contribution in [3.8, 4) is 11.1 Å². The molecule has 0 unspecified atom stereocenters. The van der Waals surface area contributed by atoms with Crippen molar-refractivity contribution in [2.24, 2.45) is 0 Å². The molecule has 2 aromatic heterocycles. The first-order valence-electron chi connectivity index (χ1n) is 3.60. The van der Waals surface area contributed by atoms with E-state index in [1.165, 1.54) is 0 Å². The van der Waals surface area contributed by atoms with Crippen LogP contribution in [0.25, 0.3) is 11.1 Å². The molecule has 0 amide bonds. The van der Waals surface area contributed by atoms with Gasteiger partial charge >= 0.3 is 0 Å². The van der Waals surface area contributed by atoms with E-state index in [0.29, 0.717) is 0 Å². The summed E-state index contributed by atoms with van der Waals surface area (Å²) in [5.74, 6) is 0. The third kappa shape index (κ3) is 1.99. The number of thiophene rings is 1. The quantitative estimate of drug-likeness (QED) is 0.790. The largest absolute Gasteiger partial charge is 0.398 e. The number of halogens is 1. The first-order valence-corrected chi connectivity index (χ1v) is 4.54. The molecule has 68 valence electrons. The molecule has 0 atom stereocenters. The van der Waals surface area contributed by atoms with E-state index in [9.17, 15) is 0 Å². The number of nitrogens with zero attached hydrogens (tertiary/aromatic N) is 1. The summed E-state index contributed by atoms with van der Waals surface area (Å²) in [6, 6.07) is 3.91. The SMILES string of the molecule is Cl.Nc1cscc1-c1ccncc1. The van der Waals surface area contributed by atoms with Crippen molar-refractivity contribution in [3.05, 3.63) is 35.3 Å². The highest BCUT2D eigenvalue weighted by Crippen LogP contribution is 2.28. The summed E-state index contributed by atoms with van der Waals surface area (Å²) in [4.78, 5) is 3.95. The van der Waals surface area contributed by atoms with Crippen molar-refractivity contribution in [2.75, 3.05) is 5.73 Å². The minimum atomic E-state index is 0. The Morgan fingerprint density at radius 3 is 2.38 bits per heavy atom. The van der Waals surface area contributed by atoms with Crippen LogP contribution in [0, 0.1) is 0 Å². The molecule has 0 spiro atoms. The molecular formula is C9H9ClN2S. The highest BCUT2D eigenvalue weighted by Gasteiger charge is 2.01. The van der Waals surface area contributed by atoms with E-state index in [1.54, 1.807) is 23.7 Å². The van der Waals surface area contributed by atoms with Gasteiger partial charge in [-0.2, -0.15) is 0 Å². The summed E-state index contributed by atoms with van der Waals surface area (Å²) in [6.45, 7) is 0. The molecule has 0 saturated heterocycles. The van der Waals surface area contributed by atoms with Crippen LogP contribution in [0.15, 0.2) is 35.3 Å². The van der Waals surface area contributed by atoms with Gasteiger partial charge in [0.25, 0.3) is 0 Å². The second kappa shape index (κ2) is 4.25. The Kier molecular flexibility index (Phi) is 3.28. The molecule has 4 heteroatoms. The van der Waals surface area contributed by atoms with E-state index in [-0.39, 0.29) is 12.4 Å². The van der Waals surface area contributed by atoms with Crippen molar-refractivity contribution >= 4 is 29.4 Å². The molecule has 13 heavy (non-hydrogen) atoms. The molecular weight excluding hydrogens is 204 g/mol. The van der Waals surface area contributed by atoms with Crippen LogP contribution in [0.2, 0.25) is 0 Å². The lowest BCUT2D eigenvalue weighted by molar-refractivity contribution is 1.33. The Hall–Kier alpha value is -1.06. The van der Waals surface area contributed by atoms with Crippen molar-refractivity contribution in [3.63, 3.8) is 0 Å². The van der Waals surface area contributed by atoms with Gasteiger partial charge in [0.2, 0.25) is 0 Å². The lowest BCUT2D eigenvalue weighted by Crippen LogP contribution is -1.84. The molecule has 0 aliphatic heterocycles. The van der Waals surface area contributed by atoms with Gasteiger partial charge in [0.05, 0.1) is 5.69 Å². The number of nitrogen functional groups attached to an aromatic ring is 1. The van der Waals surface area contributed by atoms with Crippen LogP contribution >= 0.6 is 23.7 Å². The number of hydrogen-bond acceptors (Lipinski definition) is 3. The van der Waals surface area contributed by atoms with Gasteiger partial charge < -0.3 is 5.73 Å². The van der Waals surface area contributed by atoms with Crippen LogP contribution in [0.1, 0.15) is 0 Å². The first-order chi connectivity index (χ1) is 5.88. The Bertz CT molecular complexity index is 372. The van der Waals surface area contributed by atoms with Gasteiger partial charge in [0.15, 0.2) is 0 Å². The van der Waals surface area contributed by atoms with Crippen LogP contribution in [-0.2, 0) is 0 Å². The Morgan fingerprint density at radius 1 is 1.15 bits per heavy atom. The molecule has 0 aromatic carbocycles. The number of nitrogens with two attached hydrogens (primary N) is 1. The first kappa shape index (κ1) is 10.0. The lowest BCUT2D eigenvalue weighted by Gasteiger charge is -1.97. The molecule has 0 aliphatic carbocycles. The van der Waals surface area contributed by atoms with Gasteiger partial charge in [-0.3, -0.25) is 4.98 Å². The van der Waals surface area contributed by atoms with Crippen molar-refractivity contribution in [1.82, 2.24) is 4.98 Å². The van der Waals surface area contributed by atoms with Gasteiger partial charge in [0, 0.05) is 28.7 Å². The van der Waals surface area contributed by atoms with Gasteiger partial charge in [-0.05, 0) is 17.7 Å². The Balaban J connectivity index is 0.000000845. The van der Waals surface area contributed by atoms with Gasteiger partial charge in [-0.25, -0.2) is 0 Å². The van der Waals surface area contributed by atoms with E-state index in [4.69, 9.17) is 5.73 Å². The average Bonchev–Trinajstić information content (AvgIpc) is 2.53. The molecule has 0 fully saturated rings. The van der Waals surface area contributed by atoms with Crippen LogP contribution < -0.4 is 5.73 Å². The number of anilines is 1. The Labute approximate surface area is 86.8 Å². The van der Waals surface area contributed by atoms with Gasteiger partial charge in [0.1, 0.15) is 0 Å². The van der Waals surface area contributed by atoms with Gasteiger partial charge in [-0.15, -0.1) is 23.7 Å². The van der Waals surface area contributed by atoms with Gasteiger partial charge in [-0.1, -0.05) is 0 Å². The molecule has 2 aromatic rings. The third-order valence-electron chi connectivity index (χ3n) is 1.68. The minimum Gasteiger partial charge on any atom is -0.398 e. The topological polar surface area (TPSA) is 38.9 Å². The molecule has 2 N–H and O–H groups in total. The van der Waals surface area contributed by atoms with E-state index >= 15 is 0 Å². The summed E-state index contributed by atoms with van der Waals surface area (Å²) in [7, 11) is 0. The molecule has 2 heterocycles. The maximum atomic E-state index is 5.76. The minimum absolute atomic E-state index is 0. The summed E-state index contributed by atoms with van der Waals surface area (Å²) < 4.78 is 0. The van der Waals surface area contributed by atoms with E-state index in [2.05, 4.69) is 4.98 Å². The van der Waals surface area contributed by atoms with Crippen LogP contribution in [0.5, 0.6) is 0 Å². The second-order valence-corrected chi connectivity index (χ2v) is 3.22. The van der Waals surface area contributed by atoms with Crippen molar-refractivity contribution in [2.45, 2.75) is 0 Å². The number of hydrogen-bond donors (Lipinski definition) is 1. The second-order valence-electron chi connectivity index (χ2n) is 2.48. The monoisotopic (exact) mass is 212 g/mol. The molecule has 0 radical (unpaired) electrons. The number of pyridine rings is 1. The lowest BCUT2D eigenvalue weighted by atomic mass is 10.1. The maximum Gasteiger partial charge on any atom is 0.0502 e. The fourth-order valence-corrected chi connectivity index (χ4v) is 1.82. The zero-order chi connectivity index (χ0) is 8.39. The number of rotatable bonds is 1. The van der Waals surface area contributed by atoms with Crippen LogP contribution in [0.3, 0.4) is 0 Å². The van der Waals surface area contributed by atoms with Crippen LogP contribution in [0.4, 0.5) is 5.69 Å². The van der Waals surface area contributed by atoms with E-state index in [1.807, 2.05) is 22.9 Å².